The van der Waals surface area contributed by atoms with Crippen LogP contribution in [0.1, 0.15) is 12.8 Å². The van der Waals surface area contributed by atoms with Crippen molar-refractivity contribution in [3.63, 3.8) is 0 Å². The Morgan fingerprint density at radius 3 is 3.00 bits per heavy atom. The number of likely N-dealkylation sites (N-methyl/N-ethyl adjacent to an activating group) is 1. The van der Waals surface area contributed by atoms with Crippen LogP contribution in [0.2, 0.25) is 0 Å². The Bertz CT molecular complexity index is 270. The molecule has 1 heterocycles. The molecule has 16 heavy (non-hydrogen) atoms. The highest BCUT2D eigenvalue weighted by atomic mass is 16.2. The molecule has 0 spiro atoms. The third-order valence-electron chi connectivity index (χ3n) is 2.81. The summed E-state index contributed by atoms with van der Waals surface area (Å²) in [6, 6.07) is 0.506. The molecule has 0 radical (unpaired) electrons. The van der Waals surface area contributed by atoms with E-state index in [-0.39, 0.29) is 5.91 Å². The minimum Gasteiger partial charge on any atom is -0.344 e. The van der Waals surface area contributed by atoms with Crippen molar-refractivity contribution >= 4 is 5.91 Å². The SMILES string of the molecule is C#CCNC(=O)CN1CCCC1CN(C)C. The van der Waals surface area contributed by atoms with E-state index < -0.39 is 0 Å². The molecule has 0 aromatic heterocycles. The molecule has 1 rings (SSSR count). The van der Waals surface area contributed by atoms with E-state index in [9.17, 15) is 4.79 Å². The number of terminal acetylenes is 1. The van der Waals surface area contributed by atoms with Gasteiger partial charge in [-0.1, -0.05) is 5.92 Å². The van der Waals surface area contributed by atoms with E-state index in [4.69, 9.17) is 6.42 Å². The Kier molecular flexibility index (Phi) is 5.30. The fourth-order valence-corrected chi connectivity index (χ4v) is 2.12. The predicted octanol–water partition coefficient (Wildman–Crippen LogP) is -0.238. The number of carbonyl (C=O) groups is 1. The molecule has 0 bridgehead atoms. The van der Waals surface area contributed by atoms with E-state index in [2.05, 4.69) is 35.1 Å². The summed E-state index contributed by atoms with van der Waals surface area (Å²) in [7, 11) is 4.13. The highest BCUT2D eigenvalue weighted by Gasteiger charge is 2.26. The second-order valence-corrected chi connectivity index (χ2v) is 4.51. The van der Waals surface area contributed by atoms with Gasteiger partial charge in [0.25, 0.3) is 0 Å². The molecule has 1 aliphatic rings. The lowest BCUT2D eigenvalue weighted by molar-refractivity contribution is -0.122. The van der Waals surface area contributed by atoms with E-state index >= 15 is 0 Å². The molecule has 0 aromatic rings. The van der Waals surface area contributed by atoms with Gasteiger partial charge in [-0.3, -0.25) is 9.69 Å². The quantitative estimate of drug-likeness (QED) is 0.654. The Morgan fingerprint density at radius 2 is 2.38 bits per heavy atom. The van der Waals surface area contributed by atoms with Crippen molar-refractivity contribution in [1.82, 2.24) is 15.1 Å². The smallest absolute Gasteiger partial charge is 0.234 e. The van der Waals surface area contributed by atoms with Crippen molar-refractivity contribution in [2.75, 3.05) is 40.3 Å². The van der Waals surface area contributed by atoms with Gasteiger partial charge in [-0.15, -0.1) is 6.42 Å². The summed E-state index contributed by atoms with van der Waals surface area (Å²) in [5.41, 5.74) is 0. The molecule has 1 fully saturated rings. The molecule has 4 heteroatoms. The average Bonchev–Trinajstić information content (AvgIpc) is 2.62. The zero-order valence-corrected chi connectivity index (χ0v) is 10.2. The topological polar surface area (TPSA) is 35.6 Å². The molecule has 1 unspecified atom stereocenters. The normalized spacial score (nSPS) is 21.0. The first-order valence-corrected chi connectivity index (χ1v) is 5.72. The zero-order chi connectivity index (χ0) is 12.0. The summed E-state index contributed by atoms with van der Waals surface area (Å²) in [4.78, 5) is 15.9. The van der Waals surface area contributed by atoms with Gasteiger partial charge in [-0.2, -0.15) is 0 Å². The van der Waals surface area contributed by atoms with Gasteiger partial charge in [0.05, 0.1) is 13.1 Å². The maximum atomic E-state index is 11.5. The van der Waals surface area contributed by atoms with Gasteiger partial charge in [0.1, 0.15) is 0 Å². The first-order valence-electron chi connectivity index (χ1n) is 5.72. The van der Waals surface area contributed by atoms with Crippen LogP contribution < -0.4 is 5.32 Å². The van der Waals surface area contributed by atoms with Gasteiger partial charge in [0.15, 0.2) is 0 Å². The van der Waals surface area contributed by atoms with E-state index in [0.717, 1.165) is 13.1 Å². The molecule has 1 saturated heterocycles. The molecule has 0 saturated carbocycles. The maximum Gasteiger partial charge on any atom is 0.234 e. The predicted molar refractivity (Wildman–Crippen MR) is 65.0 cm³/mol. The largest absolute Gasteiger partial charge is 0.344 e. The summed E-state index contributed by atoms with van der Waals surface area (Å²) >= 11 is 0. The molecule has 1 amide bonds. The van der Waals surface area contributed by atoms with Gasteiger partial charge in [-0.05, 0) is 33.5 Å². The Labute approximate surface area is 98.0 Å². The molecule has 4 nitrogen and oxygen atoms in total. The third kappa shape index (κ3) is 4.21. The van der Waals surface area contributed by atoms with Crippen molar-refractivity contribution in [2.45, 2.75) is 18.9 Å². The van der Waals surface area contributed by atoms with Crippen molar-refractivity contribution in [1.29, 1.82) is 0 Å². The van der Waals surface area contributed by atoms with Crippen LogP contribution in [0.15, 0.2) is 0 Å². The molecule has 90 valence electrons. The minimum atomic E-state index is 0.0311. The number of rotatable bonds is 5. The summed E-state index contributed by atoms with van der Waals surface area (Å²) in [5.74, 6) is 2.44. The number of likely N-dealkylation sites (tertiary alicyclic amines) is 1. The van der Waals surface area contributed by atoms with Gasteiger partial charge in [-0.25, -0.2) is 0 Å². The van der Waals surface area contributed by atoms with Crippen LogP contribution in [-0.2, 0) is 4.79 Å². The number of amides is 1. The molecular formula is C12H21N3O. The molecule has 0 aliphatic carbocycles. The lowest BCUT2D eigenvalue weighted by Gasteiger charge is -2.26. The molecule has 1 aliphatic heterocycles. The number of carbonyl (C=O) groups excluding carboxylic acids is 1. The van der Waals surface area contributed by atoms with Gasteiger partial charge in [0.2, 0.25) is 5.91 Å². The number of hydrogen-bond donors (Lipinski definition) is 1. The van der Waals surface area contributed by atoms with Crippen LogP contribution in [0.4, 0.5) is 0 Å². The van der Waals surface area contributed by atoms with E-state index in [1.165, 1.54) is 12.8 Å². The molecule has 0 aromatic carbocycles. The Hall–Kier alpha value is -1.05. The summed E-state index contributed by atoms with van der Waals surface area (Å²) < 4.78 is 0. The zero-order valence-electron chi connectivity index (χ0n) is 10.2. The third-order valence-corrected chi connectivity index (χ3v) is 2.81. The Morgan fingerprint density at radius 1 is 1.62 bits per heavy atom. The number of nitrogens with one attached hydrogen (secondary N) is 1. The van der Waals surface area contributed by atoms with Crippen molar-refractivity contribution in [3.8, 4) is 12.3 Å². The lowest BCUT2D eigenvalue weighted by atomic mass is 10.2. The van der Waals surface area contributed by atoms with Crippen molar-refractivity contribution in [3.05, 3.63) is 0 Å². The van der Waals surface area contributed by atoms with Crippen LogP contribution in [0.25, 0.3) is 0 Å². The fourth-order valence-electron chi connectivity index (χ4n) is 2.12. The standard InChI is InChI=1S/C12H21N3O/c1-4-7-13-12(16)10-15-8-5-6-11(15)9-14(2)3/h1,11H,5-10H2,2-3H3,(H,13,16). The summed E-state index contributed by atoms with van der Waals surface area (Å²) in [6.45, 7) is 2.83. The van der Waals surface area contributed by atoms with Crippen LogP contribution in [0, 0.1) is 12.3 Å². The second-order valence-electron chi connectivity index (χ2n) is 4.51. The second kappa shape index (κ2) is 6.51. The maximum absolute atomic E-state index is 11.5. The first-order chi connectivity index (χ1) is 7.63. The molecule has 1 atom stereocenters. The van der Waals surface area contributed by atoms with Gasteiger partial charge >= 0.3 is 0 Å². The van der Waals surface area contributed by atoms with E-state index in [1.54, 1.807) is 0 Å². The van der Waals surface area contributed by atoms with Crippen molar-refractivity contribution < 1.29 is 4.79 Å². The highest BCUT2D eigenvalue weighted by molar-refractivity contribution is 5.78. The monoisotopic (exact) mass is 223 g/mol. The minimum absolute atomic E-state index is 0.0311. The van der Waals surface area contributed by atoms with Gasteiger partial charge < -0.3 is 10.2 Å². The van der Waals surface area contributed by atoms with E-state index in [1.807, 2.05) is 0 Å². The van der Waals surface area contributed by atoms with Crippen molar-refractivity contribution in [2.24, 2.45) is 0 Å². The molecular weight excluding hydrogens is 202 g/mol. The number of hydrogen-bond acceptors (Lipinski definition) is 3. The molecule has 1 N–H and O–H groups in total. The average molecular weight is 223 g/mol. The first kappa shape index (κ1) is 13.0. The number of nitrogens with zero attached hydrogens (tertiary/aromatic N) is 2. The van der Waals surface area contributed by atoms with E-state index in [0.29, 0.717) is 19.1 Å². The van der Waals surface area contributed by atoms with Crippen LogP contribution >= 0.6 is 0 Å². The summed E-state index contributed by atoms with van der Waals surface area (Å²) in [5, 5.41) is 2.70. The fraction of sp³-hybridized carbons (Fsp3) is 0.750. The summed E-state index contributed by atoms with van der Waals surface area (Å²) in [6.07, 6.45) is 7.46. The lowest BCUT2D eigenvalue weighted by Crippen LogP contribution is -2.43. The van der Waals surface area contributed by atoms with Crippen LogP contribution in [-0.4, -0.2) is 62.0 Å². The van der Waals surface area contributed by atoms with Crippen LogP contribution in [0.5, 0.6) is 0 Å². The van der Waals surface area contributed by atoms with Gasteiger partial charge in [0, 0.05) is 12.6 Å². The van der Waals surface area contributed by atoms with Crippen LogP contribution in [0.3, 0.4) is 0 Å². The highest BCUT2D eigenvalue weighted by Crippen LogP contribution is 2.16. The Balaban J connectivity index is 2.35.